The maximum absolute atomic E-state index is 6.49. The summed E-state index contributed by atoms with van der Waals surface area (Å²) in [6.07, 6.45) is 0. The van der Waals surface area contributed by atoms with Gasteiger partial charge in [0.05, 0.1) is 22.1 Å². The van der Waals surface area contributed by atoms with E-state index >= 15 is 0 Å². The van der Waals surface area contributed by atoms with Gasteiger partial charge in [0.1, 0.15) is 17.0 Å². The fourth-order valence-corrected chi connectivity index (χ4v) is 7.21. The van der Waals surface area contributed by atoms with Crippen LogP contribution in [-0.4, -0.2) is 9.55 Å². The number of aromatic nitrogens is 2. The second kappa shape index (κ2) is 8.80. The Morgan fingerprint density at radius 2 is 1.35 bits per heavy atom. The second-order valence-corrected chi connectivity index (χ2v) is 12.0. The summed E-state index contributed by atoms with van der Waals surface area (Å²) in [6.45, 7) is 4.67. The Kier molecular flexibility index (Phi) is 4.95. The van der Waals surface area contributed by atoms with Gasteiger partial charge in [-0.3, -0.25) is 4.57 Å². The quantitative estimate of drug-likeness (QED) is 0.218. The Morgan fingerprint density at radius 1 is 0.605 bits per heavy atom. The number of hydrogen-bond acceptors (Lipinski definition) is 2. The van der Waals surface area contributed by atoms with E-state index in [0.29, 0.717) is 0 Å². The molecule has 0 saturated carbocycles. The molecular formula is C40H28N2O. The van der Waals surface area contributed by atoms with Gasteiger partial charge < -0.3 is 4.42 Å². The highest BCUT2D eigenvalue weighted by Gasteiger charge is 2.36. The van der Waals surface area contributed by atoms with Crippen molar-refractivity contribution in [1.82, 2.24) is 9.55 Å². The van der Waals surface area contributed by atoms with Crippen LogP contribution in [0.5, 0.6) is 0 Å². The predicted octanol–water partition coefficient (Wildman–Crippen LogP) is 10.6. The van der Waals surface area contributed by atoms with E-state index in [1.165, 1.54) is 33.4 Å². The molecule has 0 fully saturated rings. The van der Waals surface area contributed by atoms with Gasteiger partial charge in [-0.15, -0.1) is 0 Å². The first-order valence-electron chi connectivity index (χ1n) is 14.8. The lowest BCUT2D eigenvalue weighted by Crippen LogP contribution is -2.14. The van der Waals surface area contributed by atoms with Gasteiger partial charge in [0, 0.05) is 16.4 Å². The molecule has 0 saturated heterocycles. The highest BCUT2D eigenvalue weighted by molar-refractivity contribution is 6.11. The summed E-state index contributed by atoms with van der Waals surface area (Å²) in [5.41, 5.74) is 13.7. The van der Waals surface area contributed by atoms with Crippen LogP contribution >= 0.6 is 0 Å². The number of benzene rings is 6. The molecule has 0 N–H and O–H groups in total. The number of imidazole rings is 1. The van der Waals surface area contributed by atoms with Crippen molar-refractivity contribution in [3.63, 3.8) is 0 Å². The van der Waals surface area contributed by atoms with E-state index in [9.17, 15) is 0 Å². The average Bonchev–Trinajstić information content (AvgIpc) is 3.70. The molecule has 0 aliphatic heterocycles. The fraction of sp³-hybridized carbons (Fsp3) is 0.0750. The van der Waals surface area contributed by atoms with Gasteiger partial charge in [0.25, 0.3) is 0 Å². The van der Waals surface area contributed by atoms with E-state index in [1.807, 2.05) is 12.1 Å². The summed E-state index contributed by atoms with van der Waals surface area (Å²) in [5, 5.41) is 2.19. The van der Waals surface area contributed by atoms with E-state index in [2.05, 4.69) is 140 Å². The predicted molar refractivity (Wildman–Crippen MR) is 177 cm³/mol. The molecule has 0 amide bonds. The summed E-state index contributed by atoms with van der Waals surface area (Å²) >= 11 is 0. The monoisotopic (exact) mass is 552 g/mol. The molecule has 43 heavy (non-hydrogen) atoms. The standard InChI is InChI=1S/C40H28N2O/c1-40(2)30-16-7-6-14-28(30)37-27(15-10-17-31(37)40)26-22-23-35-29(24-26)38-34(20-11-21-36(38)43-35)42-33-19-9-8-18-32(33)41-39(42)25-12-4-3-5-13-25/h3-24H,1-2H3. The maximum atomic E-state index is 6.49. The van der Waals surface area contributed by atoms with E-state index < -0.39 is 0 Å². The van der Waals surface area contributed by atoms with Crippen LogP contribution in [0, 0.1) is 0 Å². The summed E-state index contributed by atoms with van der Waals surface area (Å²) in [5.74, 6) is 0.916. The number of nitrogens with zero attached hydrogens (tertiary/aromatic N) is 2. The van der Waals surface area contributed by atoms with Crippen molar-refractivity contribution in [3.05, 3.63) is 145 Å². The highest BCUT2D eigenvalue weighted by Crippen LogP contribution is 2.52. The summed E-state index contributed by atoms with van der Waals surface area (Å²) < 4.78 is 8.77. The molecular weight excluding hydrogens is 524 g/mol. The number of hydrogen-bond donors (Lipinski definition) is 0. The first-order valence-corrected chi connectivity index (χ1v) is 14.8. The molecule has 0 spiro atoms. The molecule has 2 heterocycles. The Morgan fingerprint density at radius 3 is 2.26 bits per heavy atom. The number of fused-ring (bicyclic) bond motifs is 7. The van der Waals surface area contributed by atoms with Crippen molar-refractivity contribution >= 4 is 33.0 Å². The minimum Gasteiger partial charge on any atom is -0.456 e. The van der Waals surface area contributed by atoms with Crippen LogP contribution < -0.4 is 0 Å². The van der Waals surface area contributed by atoms with Crippen LogP contribution in [0.1, 0.15) is 25.0 Å². The van der Waals surface area contributed by atoms with Crippen molar-refractivity contribution in [1.29, 1.82) is 0 Å². The van der Waals surface area contributed by atoms with Crippen LogP contribution in [0.2, 0.25) is 0 Å². The molecule has 2 aromatic heterocycles. The minimum absolute atomic E-state index is 0.0438. The Bertz CT molecular complexity index is 2370. The van der Waals surface area contributed by atoms with Crippen molar-refractivity contribution in [3.8, 4) is 39.3 Å². The van der Waals surface area contributed by atoms with Gasteiger partial charge in [0.15, 0.2) is 0 Å². The number of furan rings is 1. The summed E-state index contributed by atoms with van der Waals surface area (Å²) in [7, 11) is 0. The van der Waals surface area contributed by atoms with Crippen molar-refractivity contribution in [2.75, 3.05) is 0 Å². The van der Waals surface area contributed by atoms with Gasteiger partial charge in [0.2, 0.25) is 0 Å². The highest BCUT2D eigenvalue weighted by atomic mass is 16.3. The molecule has 8 aromatic rings. The lowest BCUT2D eigenvalue weighted by Gasteiger charge is -2.21. The molecule has 0 bridgehead atoms. The Balaban J connectivity index is 1.33. The summed E-state index contributed by atoms with van der Waals surface area (Å²) in [6, 6.07) is 47.4. The molecule has 6 aromatic carbocycles. The van der Waals surface area contributed by atoms with Crippen LogP contribution in [0.15, 0.2) is 138 Å². The van der Waals surface area contributed by atoms with E-state index in [4.69, 9.17) is 9.40 Å². The van der Waals surface area contributed by atoms with Crippen molar-refractivity contribution in [2.24, 2.45) is 0 Å². The zero-order valence-electron chi connectivity index (χ0n) is 24.0. The van der Waals surface area contributed by atoms with Crippen LogP contribution in [0.4, 0.5) is 0 Å². The lowest BCUT2D eigenvalue weighted by atomic mass is 9.82. The molecule has 9 rings (SSSR count). The smallest absolute Gasteiger partial charge is 0.145 e. The minimum atomic E-state index is -0.0438. The van der Waals surface area contributed by atoms with Gasteiger partial charge in [-0.2, -0.15) is 0 Å². The zero-order valence-corrected chi connectivity index (χ0v) is 24.0. The van der Waals surface area contributed by atoms with Crippen LogP contribution in [0.25, 0.3) is 72.3 Å². The van der Waals surface area contributed by atoms with E-state index in [0.717, 1.165) is 50.0 Å². The molecule has 3 heteroatoms. The SMILES string of the molecule is CC1(C)c2ccccc2-c2c(-c3ccc4oc5cccc(-n6c(-c7ccccc7)nc7ccccc76)c5c4c3)cccc21. The van der Waals surface area contributed by atoms with Crippen molar-refractivity contribution in [2.45, 2.75) is 19.3 Å². The maximum Gasteiger partial charge on any atom is 0.145 e. The largest absolute Gasteiger partial charge is 0.456 e. The number of para-hydroxylation sites is 2. The van der Waals surface area contributed by atoms with E-state index in [-0.39, 0.29) is 5.41 Å². The van der Waals surface area contributed by atoms with E-state index in [1.54, 1.807) is 0 Å². The Hall–Kier alpha value is -5.41. The molecule has 3 nitrogen and oxygen atoms in total. The van der Waals surface area contributed by atoms with Gasteiger partial charge in [-0.25, -0.2) is 4.98 Å². The van der Waals surface area contributed by atoms with Gasteiger partial charge in [-0.1, -0.05) is 111 Å². The third-order valence-electron chi connectivity index (χ3n) is 9.23. The third-order valence-corrected chi connectivity index (χ3v) is 9.23. The second-order valence-electron chi connectivity index (χ2n) is 12.0. The first-order chi connectivity index (χ1) is 21.1. The topological polar surface area (TPSA) is 31.0 Å². The molecule has 0 unspecified atom stereocenters. The lowest BCUT2D eigenvalue weighted by molar-refractivity contribution is 0.660. The number of rotatable bonds is 3. The van der Waals surface area contributed by atoms with Crippen molar-refractivity contribution < 1.29 is 4.42 Å². The normalized spacial score (nSPS) is 13.5. The molecule has 1 aliphatic carbocycles. The Labute approximate surface area is 249 Å². The first kappa shape index (κ1) is 24.2. The molecule has 0 radical (unpaired) electrons. The average molecular weight is 553 g/mol. The van der Waals surface area contributed by atoms with Crippen LogP contribution in [-0.2, 0) is 5.41 Å². The van der Waals surface area contributed by atoms with Gasteiger partial charge in [-0.05, 0) is 69.8 Å². The van der Waals surface area contributed by atoms with Crippen LogP contribution in [0.3, 0.4) is 0 Å². The summed E-state index contributed by atoms with van der Waals surface area (Å²) in [4.78, 5) is 5.10. The van der Waals surface area contributed by atoms with Gasteiger partial charge >= 0.3 is 0 Å². The third kappa shape index (κ3) is 3.39. The zero-order chi connectivity index (χ0) is 28.7. The molecule has 1 aliphatic rings. The fourth-order valence-electron chi connectivity index (χ4n) is 7.21. The molecule has 0 atom stereocenters. The molecule has 204 valence electrons.